The van der Waals surface area contributed by atoms with Crippen molar-refractivity contribution in [2.45, 2.75) is 50.0 Å². The Morgan fingerprint density at radius 2 is 1.91 bits per heavy atom. The largest absolute Gasteiger partial charge is 0.495 e. The van der Waals surface area contributed by atoms with Crippen molar-refractivity contribution in [2.24, 2.45) is 0 Å². The van der Waals surface area contributed by atoms with E-state index in [0.29, 0.717) is 28.3 Å². The highest BCUT2D eigenvalue weighted by atomic mass is 32.2. The number of nitrogens with zero attached hydrogens (tertiary/aromatic N) is 2. The fourth-order valence-electron chi connectivity index (χ4n) is 3.83. The van der Waals surface area contributed by atoms with E-state index in [4.69, 9.17) is 14.5 Å². The summed E-state index contributed by atoms with van der Waals surface area (Å²) in [7, 11) is 1.60. The minimum absolute atomic E-state index is 0.499. The Morgan fingerprint density at radius 3 is 2.59 bits per heavy atom. The van der Waals surface area contributed by atoms with Crippen molar-refractivity contribution in [1.29, 1.82) is 0 Å². The van der Waals surface area contributed by atoms with Crippen molar-refractivity contribution in [3.05, 3.63) is 42.2 Å². The van der Waals surface area contributed by atoms with Gasteiger partial charge < -0.3 is 14.8 Å². The van der Waals surface area contributed by atoms with Crippen molar-refractivity contribution in [3.8, 4) is 22.1 Å². The van der Waals surface area contributed by atoms with Gasteiger partial charge in [0.25, 0.3) is 0 Å². The number of nitrogens with one attached hydrogen (secondary N) is 2. The molecule has 4 rings (SSSR count). The summed E-state index contributed by atoms with van der Waals surface area (Å²) in [5.41, 5.74) is 2.56. The van der Waals surface area contributed by atoms with Gasteiger partial charge in [-0.3, -0.25) is 4.72 Å². The molecule has 2 N–H and O–H groups in total. The molecule has 1 aliphatic carbocycles. The first-order valence-electron chi connectivity index (χ1n) is 10.7. The van der Waals surface area contributed by atoms with Crippen molar-refractivity contribution < 1.29 is 13.7 Å². The Labute approximate surface area is 195 Å². The van der Waals surface area contributed by atoms with Crippen LogP contribution < -0.4 is 19.5 Å². The average molecular weight is 473 g/mol. The molecule has 2 aromatic heterocycles. The number of anilines is 2. The lowest BCUT2D eigenvalue weighted by Gasteiger charge is -2.22. The minimum atomic E-state index is -1.53. The lowest BCUT2D eigenvalue weighted by molar-refractivity contribution is 0.398. The molecule has 7 nitrogen and oxygen atoms in total. The maximum atomic E-state index is 13.1. The number of hydrogen-bond donors (Lipinski definition) is 2. The van der Waals surface area contributed by atoms with Gasteiger partial charge in [0, 0.05) is 12.1 Å². The molecule has 0 amide bonds. The second-order valence-electron chi connectivity index (χ2n) is 7.74. The number of benzene rings is 1. The molecule has 0 radical (unpaired) electrons. The summed E-state index contributed by atoms with van der Waals surface area (Å²) in [5, 5.41) is 4.56. The van der Waals surface area contributed by atoms with Gasteiger partial charge in [-0.05, 0) is 49.6 Å². The van der Waals surface area contributed by atoms with Crippen LogP contribution in [-0.2, 0) is 11.0 Å². The minimum Gasteiger partial charge on any atom is -0.495 e. The van der Waals surface area contributed by atoms with Gasteiger partial charge in [-0.25, -0.2) is 14.2 Å². The Bertz CT molecular complexity index is 1080. The molecule has 3 aromatic rings. The standard InChI is InChI=1S/C23H28N4O3S2/c1-15-22(31-23(25-15)26-17-7-5-4-6-8-17)16-9-11-19(29-2)20(13-16)32(28)27-18-10-12-21(30-3)24-14-18/h9-14,17,27H,4-8H2,1-3H3,(H,25,26). The van der Waals surface area contributed by atoms with E-state index >= 15 is 0 Å². The lowest BCUT2D eigenvalue weighted by Crippen LogP contribution is -2.21. The summed E-state index contributed by atoms with van der Waals surface area (Å²) in [5.74, 6) is 1.06. The van der Waals surface area contributed by atoms with E-state index in [1.807, 2.05) is 25.1 Å². The number of hydrogen-bond acceptors (Lipinski definition) is 7. The number of ether oxygens (including phenoxy) is 2. The van der Waals surface area contributed by atoms with Gasteiger partial charge in [0.15, 0.2) is 16.1 Å². The average Bonchev–Trinajstić information content (AvgIpc) is 3.19. The van der Waals surface area contributed by atoms with Crippen molar-refractivity contribution in [3.63, 3.8) is 0 Å². The Hall–Kier alpha value is -2.65. The van der Waals surface area contributed by atoms with Crippen molar-refractivity contribution >= 4 is 33.1 Å². The van der Waals surface area contributed by atoms with Gasteiger partial charge in [-0.1, -0.05) is 30.6 Å². The van der Waals surface area contributed by atoms with Crippen molar-refractivity contribution in [2.75, 3.05) is 24.3 Å². The van der Waals surface area contributed by atoms with Crippen LogP contribution in [0.25, 0.3) is 10.4 Å². The van der Waals surface area contributed by atoms with E-state index in [9.17, 15) is 4.21 Å². The molecule has 2 heterocycles. The topological polar surface area (TPSA) is 85.4 Å². The zero-order chi connectivity index (χ0) is 22.5. The fraction of sp³-hybridized carbons (Fsp3) is 0.391. The highest BCUT2D eigenvalue weighted by molar-refractivity contribution is 7.86. The van der Waals surface area contributed by atoms with Crippen LogP contribution in [0.1, 0.15) is 37.8 Å². The van der Waals surface area contributed by atoms with E-state index in [-0.39, 0.29) is 0 Å². The van der Waals surface area contributed by atoms with Crippen LogP contribution in [0.15, 0.2) is 41.4 Å². The Balaban J connectivity index is 1.56. The van der Waals surface area contributed by atoms with E-state index < -0.39 is 11.0 Å². The van der Waals surface area contributed by atoms with Crippen LogP contribution in [0.4, 0.5) is 10.8 Å². The van der Waals surface area contributed by atoms with E-state index in [2.05, 4.69) is 15.0 Å². The maximum absolute atomic E-state index is 13.1. The third kappa shape index (κ3) is 5.21. The normalized spacial score (nSPS) is 15.2. The van der Waals surface area contributed by atoms with E-state index in [1.165, 1.54) is 32.1 Å². The first-order chi connectivity index (χ1) is 15.6. The fourth-order valence-corrected chi connectivity index (χ4v) is 5.89. The highest BCUT2D eigenvalue weighted by Crippen LogP contribution is 2.37. The first-order valence-corrected chi connectivity index (χ1v) is 12.6. The SMILES string of the molecule is COc1ccc(NS(=O)c2cc(-c3sc(NC4CCCCC4)nc3C)ccc2OC)cn1. The van der Waals surface area contributed by atoms with Gasteiger partial charge >= 0.3 is 0 Å². The van der Waals surface area contributed by atoms with Gasteiger partial charge in [0.05, 0.1) is 36.7 Å². The maximum Gasteiger partial charge on any atom is 0.213 e. The predicted molar refractivity (Wildman–Crippen MR) is 130 cm³/mol. The zero-order valence-electron chi connectivity index (χ0n) is 18.5. The summed E-state index contributed by atoms with van der Waals surface area (Å²) < 4.78 is 26.7. The van der Waals surface area contributed by atoms with E-state index in [1.54, 1.807) is 43.9 Å². The molecule has 9 heteroatoms. The summed E-state index contributed by atoms with van der Waals surface area (Å²) in [6.45, 7) is 2.01. The summed E-state index contributed by atoms with van der Waals surface area (Å²) in [4.78, 5) is 10.5. The molecular weight excluding hydrogens is 444 g/mol. The molecule has 1 saturated carbocycles. The molecule has 1 unspecified atom stereocenters. The van der Waals surface area contributed by atoms with Crippen LogP contribution in [0, 0.1) is 6.92 Å². The molecule has 0 aliphatic heterocycles. The van der Waals surface area contributed by atoms with Crippen molar-refractivity contribution in [1.82, 2.24) is 9.97 Å². The molecule has 0 saturated heterocycles. The second-order valence-corrected chi connectivity index (χ2v) is 9.92. The van der Waals surface area contributed by atoms with E-state index in [0.717, 1.165) is 21.3 Å². The molecule has 0 bridgehead atoms. The molecule has 32 heavy (non-hydrogen) atoms. The smallest absolute Gasteiger partial charge is 0.213 e. The molecular formula is C23H28N4O3S2. The summed E-state index contributed by atoms with van der Waals surface area (Å²) in [6.07, 6.45) is 7.87. The van der Waals surface area contributed by atoms with Gasteiger partial charge in [-0.2, -0.15) is 0 Å². The summed E-state index contributed by atoms with van der Waals surface area (Å²) >= 11 is 1.64. The third-order valence-electron chi connectivity index (χ3n) is 5.51. The lowest BCUT2D eigenvalue weighted by atomic mass is 9.96. The van der Waals surface area contributed by atoms with Gasteiger partial charge in [0.2, 0.25) is 5.88 Å². The number of rotatable bonds is 8. The summed E-state index contributed by atoms with van der Waals surface area (Å²) in [6, 6.07) is 9.74. The molecule has 0 spiro atoms. The highest BCUT2D eigenvalue weighted by Gasteiger charge is 2.19. The van der Waals surface area contributed by atoms with Crippen LogP contribution >= 0.6 is 11.3 Å². The Kier molecular flexibility index (Phi) is 7.26. The third-order valence-corrected chi connectivity index (χ3v) is 7.79. The van der Waals surface area contributed by atoms with Gasteiger partial charge in [0.1, 0.15) is 10.6 Å². The number of aryl methyl sites for hydroxylation is 1. The second kappa shape index (κ2) is 10.3. The predicted octanol–water partition coefficient (Wildman–Crippen LogP) is 5.41. The number of aromatic nitrogens is 2. The molecule has 1 atom stereocenters. The molecule has 170 valence electrons. The molecule has 1 fully saturated rings. The number of thiazole rings is 1. The van der Waals surface area contributed by atoms with Crippen LogP contribution in [-0.4, -0.2) is 34.4 Å². The number of pyridine rings is 1. The zero-order valence-corrected chi connectivity index (χ0v) is 20.1. The van der Waals surface area contributed by atoms with Crippen LogP contribution in [0.2, 0.25) is 0 Å². The molecule has 1 aliphatic rings. The first kappa shape index (κ1) is 22.5. The van der Waals surface area contributed by atoms with Crippen LogP contribution in [0.3, 0.4) is 0 Å². The molecule has 1 aromatic carbocycles. The quantitative estimate of drug-likeness (QED) is 0.456. The van der Waals surface area contributed by atoms with Gasteiger partial charge in [-0.15, -0.1) is 0 Å². The monoisotopic (exact) mass is 472 g/mol. The van der Waals surface area contributed by atoms with Crippen LogP contribution in [0.5, 0.6) is 11.6 Å². The number of methoxy groups -OCH3 is 2. The Morgan fingerprint density at radius 1 is 1.09 bits per heavy atom.